The molecule has 2 aliphatic rings. The topological polar surface area (TPSA) is 93.2 Å². The molecule has 6 rings (SSSR count). The van der Waals surface area contributed by atoms with Gasteiger partial charge in [-0.05, 0) is 55.9 Å². The first-order chi connectivity index (χ1) is 18.5. The van der Waals surface area contributed by atoms with Gasteiger partial charge in [0.05, 0.1) is 11.4 Å². The standard InChI is InChI=1S/C30H33N7O/c1-3-26(38)35-16-6-8-24(18-35)37-30-27(29(31)32-19-33-30)28(34-37)23-14-11-21(12-15-23)17-36-20(2)10-13-22-7-4-5-9-25(22)36/h3-5,7,9,11-12,14-15,19-20,24H,1,6,8,10,13,16-18H2,2H3,(H2,31,32,33). The number of likely N-dealkylation sites (tertiary alicyclic amines) is 1. The van der Waals surface area contributed by atoms with Gasteiger partial charge in [-0.25, -0.2) is 14.6 Å². The van der Waals surface area contributed by atoms with Gasteiger partial charge in [-0.15, -0.1) is 0 Å². The molecule has 2 atom stereocenters. The zero-order chi connectivity index (χ0) is 26.2. The Morgan fingerprint density at radius 1 is 1.13 bits per heavy atom. The van der Waals surface area contributed by atoms with Crippen molar-refractivity contribution in [2.45, 2.75) is 51.2 Å². The van der Waals surface area contributed by atoms with Gasteiger partial charge in [0.2, 0.25) is 5.91 Å². The van der Waals surface area contributed by atoms with Crippen LogP contribution in [0.4, 0.5) is 11.5 Å². The van der Waals surface area contributed by atoms with E-state index in [1.165, 1.54) is 29.2 Å². The van der Waals surface area contributed by atoms with E-state index < -0.39 is 0 Å². The summed E-state index contributed by atoms with van der Waals surface area (Å²) in [5, 5.41) is 5.77. The summed E-state index contributed by atoms with van der Waals surface area (Å²) in [6.07, 6.45) is 6.96. The van der Waals surface area contributed by atoms with Crippen molar-refractivity contribution < 1.29 is 4.79 Å². The molecule has 2 aromatic carbocycles. The summed E-state index contributed by atoms with van der Waals surface area (Å²) in [4.78, 5) is 25.4. The quantitative estimate of drug-likeness (QED) is 0.391. The van der Waals surface area contributed by atoms with E-state index in [2.05, 4.69) is 76.9 Å². The fourth-order valence-corrected chi connectivity index (χ4v) is 5.90. The molecule has 194 valence electrons. The number of nitrogen functional groups attached to an aromatic ring is 1. The van der Waals surface area contributed by atoms with E-state index in [9.17, 15) is 4.79 Å². The van der Waals surface area contributed by atoms with Crippen LogP contribution in [0.15, 0.2) is 67.5 Å². The molecule has 1 saturated heterocycles. The highest BCUT2D eigenvalue weighted by atomic mass is 16.2. The molecular weight excluding hydrogens is 474 g/mol. The maximum absolute atomic E-state index is 12.3. The maximum atomic E-state index is 12.3. The van der Waals surface area contributed by atoms with Crippen molar-refractivity contribution in [3.63, 3.8) is 0 Å². The summed E-state index contributed by atoms with van der Waals surface area (Å²) in [5.74, 6) is 0.357. The zero-order valence-electron chi connectivity index (χ0n) is 21.8. The van der Waals surface area contributed by atoms with E-state index in [4.69, 9.17) is 10.8 Å². The number of aromatic nitrogens is 4. The first kappa shape index (κ1) is 24.2. The second-order valence-electron chi connectivity index (χ2n) is 10.4. The van der Waals surface area contributed by atoms with Crippen LogP contribution in [-0.2, 0) is 17.8 Å². The Bertz CT molecular complexity index is 1490. The molecule has 8 nitrogen and oxygen atoms in total. The molecule has 1 fully saturated rings. The molecule has 4 aromatic rings. The molecule has 0 spiro atoms. The number of fused-ring (bicyclic) bond motifs is 2. The van der Waals surface area contributed by atoms with Crippen molar-refractivity contribution in [2.24, 2.45) is 0 Å². The van der Waals surface area contributed by atoms with Gasteiger partial charge in [-0.3, -0.25) is 4.79 Å². The molecular formula is C30H33N7O. The Morgan fingerprint density at radius 3 is 2.76 bits per heavy atom. The minimum atomic E-state index is -0.0539. The van der Waals surface area contributed by atoms with Crippen LogP contribution in [0.2, 0.25) is 0 Å². The molecule has 8 heteroatoms. The van der Waals surface area contributed by atoms with E-state index in [0.717, 1.165) is 55.4 Å². The Balaban J connectivity index is 1.31. The second-order valence-corrected chi connectivity index (χ2v) is 10.4. The number of piperidine rings is 1. The van der Waals surface area contributed by atoms with E-state index in [0.29, 0.717) is 24.1 Å². The number of aryl methyl sites for hydroxylation is 1. The Morgan fingerprint density at radius 2 is 1.95 bits per heavy atom. The molecule has 2 aromatic heterocycles. The number of carbonyl (C=O) groups excluding carboxylic acids is 1. The molecule has 2 unspecified atom stereocenters. The van der Waals surface area contributed by atoms with Crippen molar-refractivity contribution in [2.75, 3.05) is 23.7 Å². The molecule has 2 N–H and O–H groups in total. The lowest BCUT2D eigenvalue weighted by Gasteiger charge is -2.37. The summed E-state index contributed by atoms with van der Waals surface area (Å²) in [6, 6.07) is 17.8. The third-order valence-electron chi connectivity index (χ3n) is 7.99. The molecule has 0 aliphatic carbocycles. The molecule has 2 aliphatic heterocycles. The highest BCUT2D eigenvalue weighted by Crippen LogP contribution is 2.35. The average Bonchev–Trinajstić information content (AvgIpc) is 3.36. The van der Waals surface area contributed by atoms with Gasteiger partial charge in [0.15, 0.2) is 5.65 Å². The number of nitrogens with zero attached hydrogens (tertiary/aromatic N) is 6. The van der Waals surface area contributed by atoms with Crippen LogP contribution in [0, 0.1) is 0 Å². The van der Waals surface area contributed by atoms with Crippen molar-refractivity contribution in [3.8, 4) is 11.3 Å². The molecule has 0 radical (unpaired) electrons. The van der Waals surface area contributed by atoms with Crippen LogP contribution in [0.1, 0.15) is 43.4 Å². The Labute approximate surface area is 222 Å². The highest BCUT2D eigenvalue weighted by Gasteiger charge is 2.28. The fourth-order valence-electron chi connectivity index (χ4n) is 5.90. The summed E-state index contributed by atoms with van der Waals surface area (Å²) in [7, 11) is 0. The van der Waals surface area contributed by atoms with Gasteiger partial charge in [0, 0.05) is 36.9 Å². The van der Waals surface area contributed by atoms with Crippen LogP contribution < -0.4 is 10.6 Å². The van der Waals surface area contributed by atoms with Crippen LogP contribution in [-0.4, -0.2) is 49.7 Å². The average molecular weight is 508 g/mol. The number of carbonyl (C=O) groups is 1. The smallest absolute Gasteiger partial charge is 0.246 e. The molecule has 38 heavy (non-hydrogen) atoms. The predicted octanol–water partition coefficient (Wildman–Crippen LogP) is 4.77. The molecule has 1 amide bonds. The maximum Gasteiger partial charge on any atom is 0.246 e. The number of nitrogens with two attached hydrogens (primary N) is 1. The number of benzene rings is 2. The third kappa shape index (κ3) is 4.30. The minimum Gasteiger partial charge on any atom is -0.383 e. The lowest BCUT2D eigenvalue weighted by Crippen LogP contribution is -2.40. The van der Waals surface area contributed by atoms with Crippen LogP contribution in [0.3, 0.4) is 0 Å². The number of anilines is 2. The first-order valence-corrected chi connectivity index (χ1v) is 13.4. The molecule has 0 saturated carbocycles. The highest BCUT2D eigenvalue weighted by molar-refractivity contribution is 5.98. The SMILES string of the molecule is C=CC(=O)N1CCCC(n2nc(-c3ccc(CN4c5ccccc5CCC4C)cc3)c3c(N)ncnc32)C1. The minimum absolute atomic E-state index is 0.0122. The van der Waals surface area contributed by atoms with Crippen molar-refractivity contribution in [1.29, 1.82) is 0 Å². The Kier molecular flexibility index (Phi) is 6.31. The summed E-state index contributed by atoms with van der Waals surface area (Å²) in [5.41, 5.74) is 12.8. The zero-order valence-corrected chi connectivity index (χ0v) is 21.8. The fraction of sp³-hybridized carbons (Fsp3) is 0.333. The van der Waals surface area contributed by atoms with E-state index in [1.54, 1.807) is 0 Å². The van der Waals surface area contributed by atoms with E-state index >= 15 is 0 Å². The monoisotopic (exact) mass is 507 g/mol. The first-order valence-electron chi connectivity index (χ1n) is 13.4. The van der Waals surface area contributed by atoms with Crippen LogP contribution in [0.25, 0.3) is 22.3 Å². The predicted molar refractivity (Wildman–Crippen MR) is 151 cm³/mol. The van der Waals surface area contributed by atoms with Gasteiger partial charge in [0.25, 0.3) is 0 Å². The second kappa shape index (κ2) is 9.93. The van der Waals surface area contributed by atoms with Gasteiger partial charge in [0.1, 0.15) is 17.8 Å². The van der Waals surface area contributed by atoms with Gasteiger partial charge < -0.3 is 15.5 Å². The van der Waals surface area contributed by atoms with Gasteiger partial charge in [-0.1, -0.05) is 49.0 Å². The normalized spacial score (nSPS) is 19.4. The number of amides is 1. The van der Waals surface area contributed by atoms with Gasteiger partial charge in [-0.2, -0.15) is 5.10 Å². The summed E-state index contributed by atoms with van der Waals surface area (Å²) >= 11 is 0. The largest absolute Gasteiger partial charge is 0.383 e. The van der Waals surface area contributed by atoms with Crippen LogP contribution >= 0.6 is 0 Å². The number of para-hydroxylation sites is 1. The molecule has 4 heterocycles. The van der Waals surface area contributed by atoms with E-state index in [-0.39, 0.29) is 11.9 Å². The summed E-state index contributed by atoms with van der Waals surface area (Å²) in [6.45, 7) is 8.10. The van der Waals surface area contributed by atoms with Crippen molar-refractivity contribution in [3.05, 3.63) is 78.6 Å². The number of rotatable bonds is 5. The van der Waals surface area contributed by atoms with Crippen LogP contribution in [0.5, 0.6) is 0 Å². The van der Waals surface area contributed by atoms with Crippen molar-refractivity contribution in [1.82, 2.24) is 24.6 Å². The van der Waals surface area contributed by atoms with E-state index in [1.807, 2.05) is 9.58 Å². The van der Waals surface area contributed by atoms with Crippen molar-refractivity contribution >= 4 is 28.4 Å². The van der Waals surface area contributed by atoms with Gasteiger partial charge >= 0.3 is 0 Å². The lowest BCUT2D eigenvalue weighted by atomic mass is 9.96. The number of hydrogen-bond donors (Lipinski definition) is 1. The molecule has 0 bridgehead atoms. The number of hydrogen-bond acceptors (Lipinski definition) is 6. The Hall–Kier alpha value is -4.20. The lowest BCUT2D eigenvalue weighted by molar-refractivity contribution is -0.127. The third-order valence-corrected chi connectivity index (χ3v) is 7.99. The summed E-state index contributed by atoms with van der Waals surface area (Å²) < 4.78 is 1.94.